The van der Waals surface area contributed by atoms with Crippen LogP contribution >= 0.6 is 0 Å². The first kappa shape index (κ1) is 19.3. The van der Waals surface area contributed by atoms with Gasteiger partial charge in [-0.3, -0.25) is 9.10 Å². The summed E-state index contributed by atoms with van der Waals surface area (Å²) in [4.78, 5) is 21.4. The summed E-state index contributed by atoms with van der Waals surface area (Å²) in [5.41, 5.74) is 5.22. The van der Waals surface area contributed by atoms with Gasteiger partial charge in [-0.1, -0.05) is 18.2 Å². The van der Waals surface area contributed by atoms with Gasteiger partial charge in [-0.05, 0) is 50.1 Å². The number of aromatic nitrogens is 2. The van der Waals surface area contributed by atoms with Crippen LogP contribution in [0.5, 0.6) is 0 Å². The van der Waals surface area contributed by atoms with Crippen molar-refractivity contribution in [3.8, 4) is 0 Å². The number of hydrogen-bond donors (Lipinski definition) is 1. The topological polar surface area (TPSA) is 92.3 Å². The highest BCUT2D eigenvalue weighted by Crippen LogP contribution is 2.29. The highest BCUT2D eigenvalue weighted by Gasteiger charge is 2.28. The van der Waals surface area contributed by atoms with Crippen molar-refractivity contribution < 1.29 is 13.2 Å². The molecule has 4 rings (SSSR count). The molecule has 29 heavy (non-hydrogen) atoms. The van der Waals surface area contributed by atoms with Gasteiger partial charge in [0.25, 0.3) is 5.91 Å². The minimum Gasteiger partial charge on any atom is -0.351 e. The summed E-state index contributed by atoms with van der Waals surface area (Å²) < 4.78 is 26.9. The predicted molar refractivity (Wildman–Crippen MR) is 113 cm³/mol. The molecule has 150 valence electrons. The number of nitrogens with zero attached hydrogens (tertiary/aromatic N) is 3. The van der Waals surface area contributed by atoms with Crippen LogP contribution in [0.3, 0.4) is 0 Å². The second-order valence-corrected chi connectivity index (χ2v) is 9.13. The maximum Gasteiger partial charge on any atom is 0.251 e. The molecule has 1 N–H and O–H groups in total. The van der Waals surface area contributed by atoms with Crippen LogP contribution in [0, 0.1) is 13.8 Å². The normalized spacial score (nSPS) is 13.5. The average molecular weight is 410 g/mol. The number of sulfonamides is 1. The molecule has 2 aromatic carbocycles. The highest BCUT2D eigenvalue weighted by molar-refractivity contribution is 7.92. The minimum atomic E-state index is -3.50. The van der Waals surface area contributed by atoms with Crippen LogP contribution in [0.4, 0.5) is 5.69 Å². The van der Waals surface area contributed by atoms with Crippen LogP contribution in [0.1, 0.15) is 27.3 Å². The third kappa shape index (κ3) is 3.80. The number of anilines is 1. The van der Waals surface area contributed by atoms with E-state index in [1.54, 1.807) is 18.2 Å². The van der Waals surface area contributed by atoms with E-state index in [0.717, 1.165) is 28.2 Å². The van der Waals surface area contributed by atoms with E-state index in [1.807, 2.05) is 38.1 Å². The van der Waals surface area contributed by atoms with Crippen molar-refractivity contribution in [1.29, 1.82) is 0 Å². The molecular weight excluding hydrogens is 388 g/mol. The lowest BCUT2D eigenvalue weighted by atomic mass is 10.1. The zero-order valence-corrected chi connectivity index (χ0v) is 17.2. The number of carbonyl (C=O) groups is 1. The van der Waals surface area contributed by atoms with E-state index in [2.05, 4.69) is 15.3 Å². The summed E-state index contributed by atoms with van der Waals surface area (Å²) in [6, 6.07) is 12.6. The molecule has 0 atom stereocenters. The number of rotatable bonds is 5. The fourth-order valence-corrected chi connectivity index (χ4v) is 4.90. The van der Waals surface area contributed by atoms with E-state index in [-0.39, 0.29) is 18.2 Å². The van der Waals surface area contributed by atoms with Crippen LogP contribution < -0.4 is 9.62 Å². The van der Waals surface area contributed by atoms with Crippen LogP contribution in [0.25, 0.3) is 11.0 Å². The van der Waals surface area contributed by atoms with Gasteiger partial charge < -0.3 is 5.32 Å². The maximum absolute atomic E-state index is 12.7. The van der Waals surface area contributed by atoms with Gasteiger partial charge in [-0.25, -0.2) is 18.4 Å². The lowest BCUT2D eigenvalue weighted by molar-refractivity contribution is 0.0956. The Balaban J connectivity index is 1.42. The van der Waals surface area contributed by atoms with Gasteiger partial charge in [-0.2, -0.15) is 0 Å². The number of carbonyl (C=O) groups excluding carboxylic acids is 1. The Morgan fingerprint density at radius 3 is 2.59 bits per heavy atom. The molecule has 0 radical (unpaired) electrons. The summed E-state index contributed by atoms with van der Waals surface area (Å²) in [5, 5.41) is 2.70. The lowest BCUT2D eigenvalue weighted by Crippen LogP contribution is -2.37. The van der Waals surface area contributed by atoms with Gasteiger partial charge >= 0.3 is 0 Å². The molecule has 0 unspecified atom stereocenters. The summed E-state index contributed by atoms with van der Waals surface area (Å²) in [6.45, 7) is 4.24. The van der Waals surface area contributed by atoms with Crippen molar-refractivity contribution in [1.82, 2.24) is 15.3 Å². The zero-order chi connectivity index (χ0) is 20.6. The van der Waals surface area contributed by atoms with Crippen molar-refractivity contribution in [2.24, 2.45) is 0 Å². The number of fused-ring (bicyclic) bond motifs is 2. The van der Waals surface area contributed by atoms with Gasteiger partial charge in [0.2, 0.25) is 10.0 Å². The van der Waals surface area contributed by atoms with E-state index < -0.39 is 10.0 Å². The van der Waals surface area contributed by atoms with Gasteiger partial charge in [-0.15, -0.1) is 0 Å². The molecule has 0 saturated carbocycles. The van der Waals surface area contributed by atoms with Gasteiger partial charge in [0.15, 0.2) is 0 Å². The zero-order valence-electron chi connectivity index (χ0n) is 16.3. The Morgan fingerprint density at radius 1 is 1.07 bits per heavy atom. The number of nitrogens with one attached hydrogen (secondary N) is 1. The Kier molecular flexibility index (Phi) is 4.96. The first-order valence-corrected chi connectivity index (χ1v) is 11.1. The number of para-hydroxylation sites is 1. The largest absolute Gasteiger partial charge is 0.351 e. The van der Waals surface area contributed by atoms with E-state index in [9.17, 15) is 13.2 Å². The monoisotopic (exact) mass is 410 g/mol. The second-order valence-electron chi connectivity index (χ2n) is 7.12. The molecule has 0 spiro atoms. The van der Waals surface area contributed by atoms with Crippen molar-refractivity contribution in [2.45, 2.75) is 20.3 Å². The summed E-state index contributed by atoms with van der Waals surface area (Å²) in [5.74, 6) is -0.484. The third-order valence-corrected chi connectivity index (χ3v) is 6.93. The third-order valence-electron chi connectivity index (χ3n) is 5.16. The summed E-state index contributed by atoms with van der Waals surface area (Å²) in [6.07, 6.45) is 0.707. The molecule has 2 heterocycles. The molecule has 8 heteroatoms. The van der Waals surface area contributed by atoms with Gasteiger partial charge in [0.05, 0.1) is 33.9 Å². The van der Waals surface area contributed by atoms with E-state index in [1.165, 1.54) is 4.31 Å². The average Bonchev–Trinajstić information content (AvgIpc) is 3.13. The Labute approximate surface area is 169 Å². The first-order chi connectivity index (χ1) is 13.8. The van der Waals surface area contributed by atoms with Crippen molar-refractivity contribution in [2.75, 3.05) is 23.1 Å². The number of hydrogen-bond acceptors (Lipinski definition) is 5. The smallest absolute Gasteiger partial charge is 0.251 e. The molecule has 0 fully saturated rings. The minimum absolute atomic E-state index is 0.0382. The number of benzene rings is 2. The van der Waals surface area contributed by atoms with Crippen LogP contribution in [0.2, 0.25) is 0 Å². The molecule has 0 saturated heterocycles. The standard InChI is InChI=1S/C21H22N4O3S/c1-14-15(2)24-19-13-17(7-8-18(19)23-14)21(26)22-10-12-29(27,28)25-11-9-16-5-3-4-6-20(16)25/h3-8,13H,9-12H2,1-2H3,(H,22,26). The number of aryl methyl sites for hydroxylation is 2. The molecule has 3 aromatic rings. The van der Waals surface area contributed by atoms with Gasteiger partial charge in [0.1, 0.15) is 0 Å². The first-order valence-electron chi connectivity index (χ1n) is 9.47. The maximum atomic E-state index is 12.7. The van der Waals surface area contributed by atoms with Crippen molar-refractivity contribution >= 4 is 32.7 Å². The van der Waals surface area contributed by atoms with Crippen molar-refractivity contribution in [3.05, 3.63) is 65.0 Å². The number of amides is 1. The van der Waals surface area contributed by atoms with Crippen LogP contribution in [-0.2, 0) is 16.4 Å². The summed E-state index contributed by atoms with van der Waals surface area (Å²) >= 11 is 0. The van der Waals surface area contributed by atoms with Crippen molar-refractivity contribution in [3.63, 3.8) is 0 Å². The lowest BCUT2D eigenvalue weighted by Gasteiger charge is -2.19. The second kappa shape index (κ2) is 7.44. The molecule has 1 amide bonds. The molecule has 1 aliphatic heterocycles. The molecule has 0 aliphatic carbocycles. The molecule has 7 nitrogen and oxygen atoms in total. The molecule has 0 bridgehead atoms. The highest BCUT2D eigenvalue weighted by atomic mass is 32.2. The van der Waals surface area contributed by atoms with E-state index in [0.29, 0.717) is 24.0 Å². The summed E-state index contributed by atoms with van der Waals surface area (Å²) in [7, 11) is -3.50. The van der Waals surface area contributed by atoms with E-state index >= 15 is 0 Å². The molecule has 1 aromatic heterocycles. The Morgan fingerprint density at radius 2 is 1.79 bits per heavy atom. The molecule has 1 aliphatic rings. The predicted octanol–water partition coefficient (Wildman–Crippen LogP) is 2.37. The van der Waals surface area contributed by atoms with Crippen LogP contribution in [0.15, 0.2) is 42.5 Å². The van der Waals surface area contributed by atoms with E-state index in [4.69, 9.17) is 0 Å². The molecular formula is C21H22N4O3S. The Hall–Kier alpha value is -3.00. The Bertz CT molecular complexity index is 1210. The van der Waals surface area contributed by atoms with Gasteiger partial charge in [0, 0.05) is 18.7 Å². The quantitative estimate of drug-likeness (QED) is 0.697. The SMILES string of the molecule is Cc1nc2ccc(C(=O)NCCS(=O)(=O)N3CCc4ccccc43)cc2nc1C. The van der Waals surface area contributed by atoms with Crippen LogP contribution in [-0.4, -0.2) is 43.1 Å². The fraction of sp³-hybridized carbons (Fsp3) is 0.286. The fourth-order valence-electron chi connectivity index (χ4n) is 3.47.